The normalized spacial score (nSPS) is 18.5. The fraction of sp³-hybridized carbons (Fsp3) is 0.533. The summed E-state index contributed by atoms with van der Waals surface area (Å²) < 4.78 is 5.28. The second-order valence-corrected chi connectivity index (χ2v) is 5.40. The van der Waals surface area contributed by atoms with E-state index in [9.17, 15) is 9.90 Å². The molecule has 0 spiro atoms. The highest BCUT2D eigenvalue weighted by Crippen LogP contribution is 2.50. The molecule has 1 unspecified atom stereocenters. The van der Waals surface area contributed by atoms with E-state index in [-0.39, 0.29) is 0 Å². The van der Waals surface area contributed by atoms with Gasteiger partial charge in [-0.15, -0.1) is 0 Å². The summed E-state index contributed by atoms with van der Waals surface area (Å²) in [4.78, 5) is 11.5. The third kappa shape index (κ3) is 2.00. The number of hydrogen-bond donors (Lipinski definition) is 2. The molecule has 0 bridgehead atoms. The minimum absolute atomic E-state index is 0.455. The number of carboxylic acids is 1. The van der Waals surface area contributed by atoms with E-state index in [1.54, 1.807) is 7.11 Å². The van der Waals surface area contributed by atoms with Crippen LogP contribution in [0.2, 0.25) is 0 Å². The molecular formula is C15H21NO3. The van der Waals surface area contributed by atoms with Gasteiger partial charge in [-0.2, -0.15) is 0 Å². The molecule has 3 N–H and O–H groups in total. The van der Waals surface area contributed by atoms with Gasteiger partial charge in [-0.1, -0.05) is 12.5 Å². The second-order valence-electron chi connectivity index (χ2n) is 5.40. The van der Waals surface area contributed by atoms with Crippen LogP contribution in [-0.4, -0.2) is 18.2 Å². The molecule has 1 aliphatic carbocycles. The molecule has 0 heterocycles. The molecule has 1 aliphatic rings. The van der Waals surface area contributed by atoms with Crippen LogP contribution < -0.4 is 10.5 Å². The van der Waals surface area contributed by atoms with Crippen molar-refractivity contribution in [3.8, 4) is 5.75 Å². The minimum atomic E-state index is -0.786. The maximum atomic E-state index is 11.5. The van der Waals surface area contributed by atoms with E-state index in [1.165, 1.54) is 0 Å². The standard InChI is InChI=1S/C15H21NO3/c1-9-10(2)12(19-3)6-5-11(9)13(16)15(14(17)18)7-4-8-15/h5-6,13H,4,7-8,16H2,1-3H3,(H,17,18). The Morgan fingerprint density at radius 1 is 1.37 bits per heavy atom. The summed E-state index contributed by atoms with van der Waals surface area (Å²) in [5.74, 6) is 0.0329. The van der Waals surface area contributed by atoms with E-state index < -0.39 is 17.4 Å². The molecule has 4 nitrogen and oxygen atoms in total. The molecule has 1 fully saturated rings. The highest BCUT2D eigenvalue weighted by molar-refractivity contribution is 5.77. The molecule has 0 aliphatic heterocycles. The largest absolute Gasteiger partial charge is 0.496 e. The summed E-state index contributed by atoms with van der Waals surface area (Å²) in [5.41, 5.74) is 8.46. The number of carboxylic acid groups (broad SMARTS) is 1. The zero-order valence-electron chi connectivity index (χ0n) is 11.7. The van der Waals surface area contributed by atoms with Crippen molar-refractivity contribution in [1.29, 1.82) is 0 Å². The maximum absolute atomic E-state index is 11.5. The summed E-state index contributed by atoms with van der Waals surface area (Å²) in [6.07, 6.45) is 2.26. The van der Waals surface area contributed by atoms with Crippen LogP contribution in [0.3, 0.4) is 0 Å². The van der Waals surface area contributed by atoms with Crippen LogP contribution >= 0.6 is 0 Å². The van der Waals surface area contributed by atoms with E-state index in [0.717, 1.165) is 28.9 Å². The molecule has 4 heteroatoms. The number of hydrogen-bond acceptors (Lipinski definition) is 3. The van der Waals surface area contributed by atoms with Crippen molar-refractivity contribution < 1.29 is 14.6 Å². The molecule has 1 atom stereocenters. The number of methoxy groups -OCH3 is 1. The van der Waals surface area contributed by atoms with Gasteiger partial charge in [-0.25, -0.2) is 0 Å². The first-order chi connectivity index (χ1) is 8.94. The summed E-state index contributed by atoms with van der Waals surface area (Å²) in [6.45, 7) is 3.94. The molecule has 1 saturated carbocycles. The van der Waals surface area contributed by atoms with Crippen molar-refractivity contribution in [2.45, 2.75) is 39.2 Å². The quantitative estimate of drug-likeness (QED) is 0.875. The number of ether oxygens (including phenoxy) is 1. The number of rotatable bonds is 4. The lowest BCUT2D eigenvalue weighted by molar-refractivity contribution is -0.156. The van der Waals surface area contributed by atoms with Crippen LogP contribution in [0.5, 0.6) is 5.75 Å². The first-order valence-corrected chi connectivity index (χ1v) is 6.57. The van der Waals surface area contributed by atoms with Crippen molar-refractivity contribution in [2.75, 3.05) is 7.11 Å². The average Bonchev–Trinajstić information content (AvgIpc) is 2.30. The second kappa shape index (κ2) is 4.85. The van der Waals surface area contributed by atoms with Crippen molar-refractivity contribution in [1.82, 2.24) is 0 Å². The van der Waals surface area contributed by atoms with Gasteiger partial charge in [0.25, 0.3) is 0 Å². The highest BCUT2D eigenvalue weighted by atomic mass is 16.5. The number of benzene rings is 1. The molecule has 1 aromatic rings. The Morgan fingerprint density at radius 3 is 2.42 bits per heavy atom. The van der Waals surface area contributed by atoms with Crippen LogP contribution in [0.25, 0.3) is 0 Å². The number of nitrogens with two attached hydrogens (primary N) is 1. The van der Waals surface area contributed by atoms with Gasteiger partial charge in [0.1, 0.15) is 5.75 Å². The Morgan fingerprint density at radius 2 is 2.00 bits per heavy atom. The van der Waals surface area contributed by atoms with E-state index in [1.807, 2.05) is 26.0 Å². The average molecular weight is 263 g/mol. The van der Waals surface area contributed by atoms with Crippen LogP contribution in [0.4, 0.5) is 0 Å². The Balaban J connectivity index is 2.42. The molecule has 104 valence electrons. The summed E-state index contributed by atoms with van der Waals surface area (Å²) in [5, 5.41) is 9.47. The lowest BCUT2D eigenvalue weighted by Gasteiger charge is -2.43. The molecule has 1 aromatic carbocycles. The molecule has 0 radical (unpaired) electrons. The van der Waals surface area contributed by atoms with Crippen molar-refractivity contribution >= 4 is 5.97 Å². The fourth-order valence-electron chi connectivity index (χ4n) is 2.89. The Labute approximate surface area is 113 Å². The zero-order chi connectivity index (χ0) is 14.2. The van der Waals surface area contributed by atoms with Gasteiger partial charge < -0.3 is 15.6 Å². The van der Waals surface area contributed by atoms with E-state index in [2.05, 4.69) is 0 Å². The summed E-state index contributed by atoms with van der Waals surface area (Å²) in [6, 6.07) is 3.31. The first-order valence-electron chi connectivity index (χ1n) is 6.57. The number of carbonyl (C=O) groups is 1. The van der Waals surface area contributed by atoms with Gasteiger partial charge in [0.15, 0.2) is 0 Å². The third-order valence-electron chi connectivity index (χ3n) is 4.60. The monoisotopic (exact) mass is 263 g/mol. The zero-order valence-corrected chi connectivity index (χ0v) is 11.7. The van der Waals surface area contributed by atoms with Gasteiger partial charge >= 0.3 is 5.97 Å². The molecule has 0 aromatic heterocycles. The fourth-order valence-corrected chi connectivity index (χ4v) is 2.89. The molecular weight excluding hydrogens is 242 g/mol. The highest BCUT2D eigenvalue weighted by Gasteiger charge is 2.50. The molecule has 19 heavy (non-hydrogen) atoms. The van der Waals surface area contributed by atoms with Gasteiger partial charge in [-0.3, -0.25) is 4.79 Å². The van der Waals surface area contributed by atoms with Crippen molar-refractivity contribution in [3.05, 3.63) is 28.8 Å². The third-order valence-corrected chi connectivity index (χ3v) is 4.60. The molecule has 0 saturated heterocycles. The van der Waals surface area contributed by atoms with Crippen molar-refractivity contribution in [3.63, 3.8) is 0 Å². The lowest BCUT2D eigenvalue weighted by atomic mass is 9.62. The minimum Gasteiger partial charge on any atom is -0.496 e. The van der Waals surface area contributed by atoms with Crippen LogP contribution in [0.1, 0.15) is 42.0 Å². The van der Waals surface area contributed by atoms with Crippen LogP contribution in [0, 0.1) is 19.3 Å². The van der Waals surface area contributed by atoms with Crippen LogP contribution in [0.15, 0.2) is 12.1 Å². The van der Waals surface area contributed by atoms with E-state index in [4.69, 9.17) is 10.5 Å². The van der Waals surface area contributed by atoms with Gasteiger partial charge in [0.05, 0.1) is 12.5 Å². The predicted octanol–water partition coefficient (Wildman–Crippen LogP) is 2.57. The Bertz CT molecular complexity index is 506. The number of aliphatic carboxylic acids is 1. The predicted molar refractivity (Wildman–Crippen MR) is 73.3 cm³/mol. The van der Waals surface area contributed by atoms with Gasteiger partial charge in [-0.05, 0) is 49.4 Å². The summed E-state index contributed by atoms with van der Waals surface area (Å²) in [7, 11) is 1.63. The molecule has 0 amide bonds. The first kappa shape index (κ1) is 13.9. The SMILES string of the molecule is COc1ccc(C(N)C2(C(=O)O)CCC2)c(C)c1C. The van der Waals surface area contributed by atoms with Crippen molar-refractivity contribution in [2.24, 2.45) is 11.1 Å². The van der Waals surface area contributed by atoms with Gasteiger partial charge in [0.2, 0.25) is 0 Å². The van der Waals surface area contributed by atoms with E-state index in [0.29, 0.717) is 12.8 Å². The smallest absolute Gasteiger partial charge is 0.311 e. The Kier molecular flexibility index (Phi) is 3.54. The van der Waals surface area contributed by atoms with Crippen LogP contribution in [-0.2, 0) is 4.79 Å². The lowest BCUT2D eigenvalue weighted by Crippen LogP contribution is -2.47. The molecule has 2 rings (SSSR count). The Hall–Kier alpha value is -1.55. The van der Waals surface area contributed by atoms with E-state index >= 15 is 0 Å². The maximum Gasteiger partial charge on any atom is 0.311 e. The summed E-state index contributed by atoms with van der Waals surface area (Å²) >= 11 is 0. The van der Waals surface area contributed by atoms with Gasteiger partial charge in [0, 0.05) is 6.04 Å². The topological polar surface area (TPSA) is 72.5 Å².